The van der Waals surface area contributed by atoms with E-state index in [0.717, 1.165) is 16.8 Å². The number of para-hydroxylation sites is 1. The molecule has 0 aliphatic heterocycles. The van der Waals surface area contributed by atoms with Crippen molar-refractivity contribution in [3.8, 4) is 11.4 Å². The first-order valence-corrected chi connectivity index (χ1v) is 8.72. The smallest absolute Gasteiger partial charge is 0.295 e. The number of ether oxygens (including phenoxy) is 1. The first kappa shape index (κ1) is 18.5. The number of carbonyl (C=O) groups is 1. The number of nitrogens with one attached hydrogen (secondary N) is 1. The number of nitrogens with zero attached hydrogens (tertiary/aromatic N) is 2. The van der Waals surface area contributed by atoms with Gasteiger partial charge >= 0.3 is 0 Å². The van der Waals surface area contributed by atoms with Crippen LogP contribution in [0.5, 0.6) is 5.75 Å². The molecule has 3 rings (SSSR count). The van der Waals surface area contributed by atoms with E-state index in [1.807, 2.05) is 62.4 Å². The Bertz CT molecular complexity index is 1030. The van der Waals surface area contributed by atoms with Gasteiger partial charge < -0.3 is 10.1 Å². The summed E-state index contributed by atoms with van der Waals surface area (Å²) in [5, 5.41) is 2.69. The summed E-state index contributed by atoms with van der Waals surface area (Å²) in [4.78, 5) is 25.1. The summed E-state index contributed by atoms with van der Waals surface area (Å²) in [6.07, 6.45) is 0. The van der Waals surface area contributed by atoms with Crippen molar-refractivity contribution in [3.63, 3.8) is 0 Å². The fourth-order valence-electron chi connectivity index (χ4n) is 2.99. The van der Waals surface area contributed by atoms with E-state index in [1.54, 1.807) is 18.7 Å². The molecular formula is C21H23N3O3. The van der Waals surface area contributed by atoms with E-state index in [-0.39, 0.29) is 23.8 Å². The lowest BCUT2D eigenvalue weighted by atomic mass is 10.1. The van der Waals surface area contributed by atoms with Crippen LogP contribution in [0, 0.1) is 20.8 Å². The Labute approximate surface area is 158 Å². The highest BCUT2D eigenvalue weighted by Crippen LogP contribution is 2.19. The van der Waals surface area contributed by atoms with Crippen molar-refractivity contribution in [1.82, 2.24) is 9.36 Å². The largest absolute Gasteiger partial charge is 0.483 e. The molecule has 27 heavy (non-hydrogen) atoms. The summed E-state index contributed by atoms with van der Waals surface area (Å²) in [5.74, 6) is 0.281. The van der Waals surface area contributed by atoms with Crippen molar-refractivity contribution in [2.45, 2.75) is 20.8 Å². The maximum Gasteiger partial charge on any atom is 0.295 e. The number of hydrogen-bond acceptors (Lipinski definition) is 3. The Morgan fingerprint density at radius 3 is 2.44 bits per heavy atom. The number of benzene rings is 2. The van der Waals surface area contributed by atoms with Crippen LogP contribution in [0.4, 0.5) is 5.69 Å². The van der Waals surface area contributed by atoms with Crippen LogP contribution in [0.15, 0.2) is 53.3 Å². The molecule has 2 aromatic carbocycles. The molecular weight excluding hydrogens is 342 g/mol. The van der Waals surface area contributed by atoms with Crippen molar-refractivity contribution in [1.29, 1.82) is 0 Å². The lowest BCUT2D eigenvalue weighted by Gasteiger charge is -2.09. The first-order valence-electron chi connectivity index (χ1n) is 8.72. The minimum Gasteiger partial charge on any atom is -0.483 e. The van der Waals surface area contributed by atoms with Crippen LogP contribution in [-0.4, -0.2) is 21.9 Å². The zero-order chi connectivity index (χ0) is 19.6. The topological polar surface area (TPSA) is 65.3 Å². The summed E-state index contributed by atoms with van der Waals surface area (Å²) in [5.41, 5.74) is 3.48. The predicted octanol–water partition coefficient (Wildman–Crippen LogP) is 3.12. The van der Waals surface area contributed by atoms with Crippen molar-refractivity contribution < 1.29 is 9.53 Å². The minimum absolute atomic E-state index is 0.164. The zero-order valence-corrected chi connectivity index (χ0v) is 15.9. The molecule has 1 aromatic heterocycles. The van der Waals surface area contributed by atoms with Gasteiger partial charge in [0.2, 0.25) is 0 Å². The van der Waals surface area contributed by atoms with E-state index in [4.69, 9.17) is 4.74 Å². The predicted molar refractivity (Wildman–Crippen MR) is 106 cm³/mol. The van der Waals surface area contributed by atoms with Gasteiger partial charge in [0.15, 0.2) is 6.61 Å². The van der Waals surface area contributed by atoms with Crippen LogP contribution in [0.1, 0.15) is 16.8 Å². The molecule has 0 spiro atoms. The van der Waals surface area contributed by atoms with Crippen molar-refractivity contribution >= 4 is 11.6 Å². The van der Waals surface area contributed by atoms with E-state index in [0.29, 0.717) is 11.4 Å². The summed E-state index contributed by atoms with van der Waals surface area (Å²) in [6, 6.07) is 15.1. The van der Waals surface area contributed by atoms with Crippen molar-refractivity contribution in [2.75, 3.05) is 11.9 Å². The first-order chi connectivity index (χ1) is 12.9. The second-order valence-corrected chi connectivity index (χ2v) is 6.54. The quantitative estimate of drug-likeness (QED) is 0.755. The highest BCUT2D eigenvalue weighted by molar-refractivity contribution is 5.92. The number of amides is 1. The summed E-state index contributed by atoms with van der Waals surface area (Å²) >= 11 is 0. The summed E-state index contributed by atoms with van der Waals surface area (Å²) in [7, 11) is 1.78. The summed E-state index contributed by atoms with van der Waals surface area (Å²) < 4.78 is 8.84. The fourth-order valence-corrected chi connectivity index (χ4v) is 2.99. The number of aryl methyl sites for hydroxylation is 2. The lowest BCUT2D eigenvalue weighted by molar-refractivity contribution is -0.118. The molecule has 0 saturated heterocycles. The molecule has 0 aliphatic carbocycles. The Morgan fingerprint density at radius 2 is 1.78 bits per heavy atom. The van der Waals surface area contributed by atoms with E-state index in [2.05, 4.69) is 5.32 Å². The van der Waals surface area contributed by atoms with Gasteiger partial charge in [0.05, 0.1) is 11.4 Å². The molecule has 1 heterocycles. The number of carbonyl (C=O) groups excluding carboxylic acids is 1. The highest BCUT2D eigenvalue weighted by Gasteiger charge is 2.18. The average Bonchev–Trinajstić information content (AvgIpc) is 2.85. The van der Waals surface area contributed by atoms with Crippen molar-refractivity contribution in [2.24, 2.45) is 7.05 Å². The van der Waals surface area contributed by atoms with E-state index < -0.39 is 0 Å². The average molecular weight is 365 g/mol. The highest BCUT2D eigenvalue weighted by atomic mass is 16.5. The van der Waals surface area contributed by atoms with Gasteiger partial charge in [-0.3, -0.25) is 14.3 Å². The second kappa shape index (κ2) is 7.53. The van der Waals surface area contributed by atoms with E-state index >= 15 is 0 Å². The fraction of sp³-hybridized carbons (Fsp3) is 0.238. The number of rotatable bonds is 5. The molecule has 0 fully saturated rings. The molecule has 0 atom stereocenters. The van der Waals surface area contributed by atoms with Crippen LogP contribution in [-0.2, 0) is 11.8 Å². The lowest BCUT2D eigenvalue weighted by Crippen LogP contribution is -2.25. The molecule has 0 radical (unpaired) electrons. The SMILES string of the molecule is Cc1ccc(OCC(=O)Nc2c(C)n(C)n(-c3ccccc3)c2=O)c(C)c1. The Morgan fingerprint density at radius 1 is 1.07 bits per heavy atom. The van der Waals surface area contributed by atoms with Gasteiger partial charge in [-0.2, -0.15) is 0 Å². The number of anilines is 1. The maximum absolute atomic E-state index is 12.8. The van der Waals surface area contributed by atoms with Gasteiger partial charge in [0, 0.05) is 7.05 Å². The number of hydrogen-bond donors (Lipinski definition) is 1. The molecule has 1 amide bonds. The van der Waals surface area contributed by atoms with Gasteiger partial charge in [-0.25, -0.2) is 4.68 Å². The third-order valence-corrected chi connectivity index (χ3v) is 4.51. The Balaban J connectivity index is 1.78. The normalized spacial score (nSPS) is 10.7. The van der Waals surface area contributed by atoms with Crippen LogP contribution >= 0.6 is 0 Å². The van der Waals surface area contributed by atoms with Crippen LogP contribution in [0.25, 0.3) is 5.69 Å². The van der Waals surface area contributed by atoms with Crippen LogP contribution in [0.3, 0.4) is 0 Å². The molecule has 140 valence electrons. The zero-order valence-electron chi connectivity index (χ0n) is 15.9. The summed E-state index contributed by atoms with van der Waals surface area (Å²) in [6.45, 7) is 5.56. The van der Waals surface area contributed by atoms with E-state index in [1.165, 1.54) is 4.68 Å². The van der Waals surface area contributed by atoms with Crippen LogP contribution < -0.4 is 15.6 Å². The molecule has 0 bridgehead atoms. The standard InChI is InChI=1S/C21H23N3O3/c1-14-10-11-18(15(2)12-14)27-13-19(25)22-20-16(3)23(4)24(21(20)26)17-8-6-5-7-9-17/h5-12H,13H2,1-4H3,(H,22,25). The second-order valence-electron chi connectivity index (χ2n) is 6.54. The maximum atomic E-state index is 12.8. The van der Waals surface area contributed by atoms with Gasteiger partial charge in [-0.1, -0.05) is 35.9 Å². The van der Waals surface area contributed by atoms with Crippen LogP contribution in [0.2, 0.25) is 0 Å². The van der Waals surface area contributed by atoms with Gasteiger partial charge in [0.25, 0.3) is 11.5 Å². The third-order valence-electron chi connectivity index (χ3n) is 4.51. The van der Waals surface area contributed by atoms with Gasteiger partial charge in [-0.15, -0.1) is 0 Å². The van der Waals surface area contributed by atoms with E-state index in [9.17, 15) is 9.59 Å². The van der Waals surface area contributed by atoms with Crippen molar-refractivity contribution in [3.05, 3.63) is 75.7 Å². The molecule has 1 N–H and O–H groups in total. The van der Waals surface area contributed by atoms with Gasteiger partial charge in [0.1, 0.15) is 11.4 Å². The molecule has 3 aromatic rings. The Kier molecular flexibility index (Phi) is 5.16. The monoisotopic (exact) mass is 365 g/mol. The Hall–Kier alpha value is -3.28. The molecule has 6 nitrogen and oxygen atoms in total. The third kappa shape index (κ3) is 3.79. The molecule has 0 saturated carbocycles. The molecule has 0 unspecified atom stereocenters. The number of aromatic nitrogens is 2. The minimum atomic E-state index is -0.374. The molecule has 0 aliphatic rings. The van der Waals surface area contributed by atoms with Gasteiger partial charge in [-0.05, 0) is 44.5 Å². The molecule has 6 heteroatoms.